The molecule has 19 heavy (non-hydrogen) atoms. The third-order valence-corrected chi connectivity index (χ3v) is 4.15. The summed E-state index contributed by atoms with van der Waals surface area (Å²) >= 11 is 0. The van der Waals surface area contributed by atoms with Crippen molar-refractivity contribution >= 4 is 0 Å². The molecule has 0 aliphatic rings. The van der Waals surface area contributed by atoms with Gasteiger partial charge in [-0.2, -0.15) is 0 Å². The second-order valence-corrected chi connectivity index (χ2v) is 5.18. The van der Waals surface area contributed by atoms with Crippen LogP contribution in [0.3, 0.4) is 0 Å². The van der Waals surface area contributed by atoms with Crippen LogP contribution in [0, 0.1) is 5.82 Å². The first-order valence-electron chi connectivity index (χ1n) is 7.31. The molecule has 0 radical (unpaired) electrons. The molecule has 1 aromatic carbocycles. The zero-order chi connectivity index (χ0) is 14.3. The Kier molecular flexibility index (Phi) is 6.46. The Balaban J connectivity index is 2.90. The van der Waals surface area contributed by atoms with Gasteiger partial charge in [0, 0.05) is 18.6 Å². The Morgan fingerprint density at radius 3 is 2.11 bits per heavy atom. The lowest BCUT2D eigenvalue weighted by atomic mass is 9.89. The van der Waals surface area contributed by atoms with Gasteiger partial charge in [-0.05, 0) is 43.5 Å². The Hall–Kier alpha value is -0.930. The Bertz CT molecular complexity index is 349. The lowest BCUT2D eigenvalue weighted by molar-refractivity contribution is 0.0766. The van der Waals surface area contributed by atoms with E-state index in [4.69, 9.17) is 5.73 Å². The van der Waals surface area contributed by atoms with Crippen LogP contribution in [0.1, 0.15) is 45.6 Å². The molecule has 2 N–H and O–H groups in total. The Morgan fingerprint density at radius 2 is 1.68 bits per heavy atom. The van der Waals surface area contributed by atoms with Crippen molar-refractivity contribution in [3.63, 3.8) is 0 Å². The fourth-order valence-corrected chi connectivity index (χ4v) is 2.68. The van der Waals surface area contributed by atoms with Crippen molar-refractivity contribution in [2.75, 3.05) is 13.1 Å². The van der Waals surface area contributed by atoms with Crippen LogP contribution in [0.4, 0.5) is 4.39 Å². The van der Waals surface area contributed by atoms with Crippen molar-refractivity contribution in [1.82, 2.24) is 4.90 Å². The standard InChI is InChI=1S/C16H27FN2/c1-4-11-19(16(5-2,6-3)13-18)12-14-7-9-15(17)10-8-14/h7-10H,4-6,11-13,18H2,1-3H3. The van der Waals surface area contributed by atoms with Gasteiger partial charge < -0.3 is 5.73 Å². The molecular weight excluding hydrogens is 239 g/mol. The zero-order valence-corrected chi connectivity index (χ0v) is 12.5. The predicted molar refractivity (Wildman–Crippen MR) is 79.5 cm³/mol. The van der Waals surface area contributed by atoms with Gasteiger partial charge in [-0.1, -0.05) is 32.9 Å². The molecule has 0 atom stereocenters. The zero-order valence-electron chi connectivity index (χ0n) is 12.5. The molecule has 0 aromatic heterocycles. The minimum absolute atomic E-state index is 0.0599. The highest BCUT2D eigenvalue weighted by molar-refractivity contribution is 5.16. The van der Waals surface area contributed by atoms with Crippen LogP contribution in [-0.4, -0.2) is 23.5 Å². The quantitative estimate of drug-likeness (QED) is 0.779. The molecule has 0 bridgehead atoms. The van der Waals surface area contributed by atoms with Crippen LogP contribution < -0.4 is 5.73 Å². The van der Waals surface area contributed by atoms with Crippen LogP contribution in [0.2, 0.25) is 0 Å². The van der Waals surface area contributed by atoms with Crippen LogP contribution in [0.5, 0.6) is 0 Å². The molecule has 0 spiro atoms. The monoisotopic (exact) mass is 266 g/mol. The molecule has 0 unspecified atom stereocenters. The molecule has 3 heteroatoms. The SMILES string of the molecule is CCCN(Cc1ccc(F)cc1)C(CC)(CC)CN. The first kappa shape index (κ1) is 16.1. The predicted octanol–water partition coefficient (Wildman–Crippen LogP) is 3.56. The van der Waals surface area contributed by atoms with Gasteiger partial charge in [0.05, 0.1) is 0 Å². The van der Waals surface area contributed by atoms with Gasteiger partial charge in [0.15, 0.2) is 0 Å². The van der Waals surface area contributed by atoms with Crippen molar-refractivity contribution in [3.05, 3.63) is 35.6 Å². The summed E-state index contributed by atoms with van der Waals surface area (Å²) < 4.78 is 13.0. The largest absolute Gasteiger partial charge is 0.329 e. The summed E-state index contributed by atoms with van der Waals surface area (Å²) in [6, 6.07) is 6.79. The van der Waals surface area contributed by atoms with E-state index >= 15 is 0 Å². The maximum Gasteiger partial charge on any atom is 0.123 e. The second kappa shape index (κ2) is 7.61. The van der Waals surface area contributed by atoms with Crippen molar-refractivity contribution in [1.29, 1.82) is 0 Å². The summed E-state index contributed by atoms with van der Waals surface area (Å²) in [5, 5.41) is 0. The maximum atomic E-state index is 13.0. The fraction of sp³-hybridized carbons (Fsp3) is 0.625. The first-order valence-corrected chi connectivity index (χ1v) is 7.31. The molecule has 1 rings (SSSR count). The molecule has 0 saturated heterocycles. The van der Waals surface area contributed by atoms with Gasteiger partial charge in [-0.25, -0.2) is 4.39 Å². The fourth-order valence-electron chi connectivity index (χ4n) is 2.68. The van der Waals surface area contributed by atoms with Gasteiger partial charge in [0.2, 0.25) is 0 Å². The van der Waals surface area contributed by atoms with E-state index in [0.717, 1.165) is 37.9 Å². The van der Waals surface area contributed by atoms with E-state index in [-0.39, 0.29) is 11.4 Å². The average Bonchev–Trinajstić information content (AvgIpc) is 2.44. The molecule has 0 fully saturated rings. The summed E-state index contributed by atoms with van der Waals surface area (Å²) in [7, 11) is 0. The smallest absolute Gasteiger partial charge is 0.123 e. The summed E-state index contributed by atoms with van der Waals surface area (Å²) in [6.07, 6.45) is 3.19. The van der Waals surface area contributed by atoms with Crippen molar-refractivity contribution in [2.45, 2.75) is 52.1 Å². The molecule has 0 saturated carbocycles. The third kappa shape index (κ3) is 4.02. The number of rotatable bonds is 8. The summed E-state index contributed by atoms with van der Waals surface area (Å²) in [5.41, 5.74) is 7.24. The van der Waals surface area contributed by atoms with Gasteiger partial charge in [-0.3, -0.25) is 4.90 Å². The molecule has 0 heterocycles. The van der Waals surface area contributed by atoms with Gasteiger partial charge in [0.1, 0.15) is 5.82 Å². The highest BCUT2D eigenvalue weighted by Crippen LogP contribution is 2.25. The molecule has 1 aromatic rings. The van der Waals surface area contributed by atoms with Gasteiger partial charge in [-0.15, -0.1) is 0 Å². The number of nitrogens with two attached hydrogens (primary N) is 1. The van der Waals surface area contributed by atoms with E-state index < -0.39 is 0 Å². The van der Waals surface area contributed by atoms with E-state index in [1.807, 2.05) is 12.1 Å². The van der Waals surface area contributed by atoms with E-state index in [1.54, 1.807) is 0 Å². The van der Waals surface area contributed by atoms with E-state index in [2.05, 4.69) is 25.7 Å². The van der Waals surface area contributed by atoms with Gasteiger partial charge in [0.25, 0.3) is 0 Å². The van der Waals surface area contributed by atoms with E-state index in [1.165, 1.54) is 12.1 Å². The molecule has 0 aliphatic heterocycles. The van der Waals surface area contributed by atoms with Crippen molar-refractivity contribution < 1.29 is 4.39 Å². The highest BCUT2D eigenvalue weighted by Gasteiger charge is 2.31. The van der Waals surface area contributed by atoms with Crippen molar-refractivity contribution in [3.8, 4) is 0 Å². The minimum Gasteiger partial charge on any atom is -0.329 e. The van der Waals surface area contributed by atoms with Crippen LogP contribution >= 0.6 is 0 Å². The third-order valence-electron chi connectivity index (χ3n) is 4.15. The highest BCUT2D eigenvalue weighted by atomic mass is 19.1. The van der Waals surface area contributed by atoms with Gasteiger partial charge >= 0.3 is 0 Å². The first-order chi connectivity index (χ1) is 9.11. The molecular formula is C16H27FN2. The Morgan fingerprint density at radius 1 is 1.11 bits per heavy atom. The van der Waals surface area contributed by atoms with E-state index in [0.29, 0.717) is 6.54 Å². The lowest BCUT2D eigenvalue weighted by Gasteiger charge is -2.42. The lowest BCUT2D eigenvalue weighted by Crippen LogP contribution is -2.53. The number of halogens is 1. The molecule has 0 amide bonds. The van der Waals surface area contributed by atoms with Crippen LogP contribution in [0.15, 0.2) is 24.3 Å². The number of hydrogen-bond acceptors (Lipinski definition) is 2. The molecule has 108 valence electrons. The normalized spacial score (nSPS) is 12.1. The number of hydrogen-bond donors (Lipinski definition) is 1. The summed E-state index contributed by atoms with van der Waals surface area (Å²) in [6.45, 7) is 9.11. The topological polar surface area (TPSA) is 29.3 Å². The summed E-state index contributed by atoms with van der Waals surface area (Å²) in [5.74, 6) is -0.179. The maximum absolute atomic E-state index is 13.0. The number of nitrogens with zero attached hydrogens (tertiary/aromatic N) is 1. The second-order valence-electron chi connectivity index (χ2n) is 5.18. The summed E-state index contributed by atoms with van der Waals surface area (Å²) in [4.78, 5) is 2.46. The molecule has 2 nitrogen and oxygen atoms in total. The van der Waals surface area contributed by atoms with Crippen molar-refractivity contribution in [2.24, 2.45) is 5.73 Å². The average molecular weight is 266 g/mol. The molecule has 0 aliphatic carbocycles. The number of benzene rings is 1. The van der Waals surface area contributed by atoms with E-state index in [9.17, 15) is 4.39 Å². The Labute approximate surface area is 116 Å². The van der Waals surface area contributed by atoms with Crippen LogP contribution in [0.25, 0.3) is 0 Å². The minimum atomic E-state index is -0.179. The van der Waals surface area contributed by atoms with Crippen LogP contribution in [-0.2, 0) is 6.54 Å².